The zero-order valence-corrected chi connectivity index (χ0v) is 16.9. The van der Waals surface area contributed by atoms with Gasteiger partial charge < -0.3 is 19.5 Å². The number of benzene rings is 1. The second-order valence-electron chi connectivity index (χ2n) is 6.23. The van der Waals surface area contributed by atoms with E-state index in [0.717, 1.165) is 5.56 Å². The monoisotopic (exact) mass is 407 g/mol. The molecule has 2 rings (SSSR count). The molecule has 0 unspecified atom stereocenters. The van der Waals surface area contributed by atoms with Crippen LogP contribution in [0.3, 0.4) is 0 Å². The molecule has 10 heteroatoms. The van der Waals surface area contributed by atoms with Crippen molar-refractivity contribution in [2.24, 2.45) is 0 Å². The number of sulfone groups is 2. The molecule has 0 aromatic heterocycles. The van der Waals surface area contributed by atoms with Crippen LogP contribution in [0.5, 0.6) is 5.75 Å². The molecule has 0 radical (unpaired) electrons. The van der Waals surface area contributed by atoms with E-state index in [4.69, 9.17) is 14.2 Å². The quantitative estimate of drug-likeness (QED) is 0.607. The van der Waals surface area contributed by atoms with E-state index < -0.39 is 43.0 Å². The first-order chi connectivity index (χ1) is 12.1. The van der Waals surface area contributed by atoms with Crippen molar-refractivity contribution in [2.75, 3.05) is 39.4 Å². The molecular weight excluding hydrogens is 382 g/mol. The summed E-state index contributed by atoms with van der Waals surface area (Å²) in [6, 6.07) is 4.05. The molecule has 26 heavy (non-hydrogen) atoms. The molecule has 2 atom stereocenters. The van der Waals surface area contributed by atoms with E-state index in [1.165, 1.54) is 27.4 Å². The van der Waals surface area contributed by atoms with Crippen LogP contribution in [0.25, 0.3) is 0 Å². The van der Waals surface area contributed by atoms with Crippen molar-refractivity contribution in [1.82, 2.24) is 5.32 Å². The van der Waals surface area contributed by atoms with Gasteiger partial charge in [-0.2, -0.15) is 0 Å². The van der Waals surface area contributed by atoms with Gasteiger partial charge in [0, 0.05) is 26.8 Å². The van der Waals surface area contributed by atoms with Crippen molar-refractivity contribution in [3.63, 3.8) is 0 Å². The Kier molecular flexibility index (Phi) is 6.67. The lowest BCUT2D eigenvalue weighted by atomic mass is 10.2. The molecule has 0 bridgehead atoms. The van der Waals surface area contributed by atoms with Crippen LogP contribution in [0.1, 0.15) is 5.56 Å². The zero-order chi connectivity index (χ0) is 19.5. The summed E-state index contributed by atoms with van der Waals surface area (Å²) in [6.07, 6.45) is -0.602. The highest BCUT2D eigenvalue weighted by molar-refractivity contribution is 7.96. The maximum Gasteiger partial charge on any atom is 0.187 e. The smallest absolute Gasteiger partial charge is 0.187 e. The summed E-state index contributed by atoms with van der Waals surface area (Å²) in [5.41, 5.74) is 0.744. The first-order valence-corrected chi connectivity index (χ1v) is 11.4. The van der Waals surface area contributed by atoms with Gasteiger partial charge in [-0.05, 0) is 24.6 Å². The molecule has 0 aliphatic carbocycles. The number of rotatable bonds is 8. The van der Waals surface area contributed by atoms with Gasteiger partial charge in [0.15, 0.2) is 26.0 Å². The minimum absolute atomic E-state index is 0.00364. The highest BCUT2D eigenvalue weighted by atomic mass is 32.2. The number of hydrogen-bond acceptors (Lipinski definition) is 8. The molecule has 148 valence electrons. The van der Waals surface area contributed by atoms with Gasteiger partial charge in [-0.15, -0.1) is 0 Å². The Labute approximate surface area is 154 Å². The van der Waals surface area contributed by atoms with Gasteiger partial charge in [-0.25, -0.2) is 16.8 Å². The molecule has 0 amide bonds. The molecule has 1 aromatic rings. The standard InChI is InChI=1S/C16H25NO7S2/c1-11-5-6-13(22-2)14(7-11)26(20,21)15-10-25(18,19)9-12(15)17-8-16(23-3)24-4/h5-7,12,15-17H,8-10H2,1-4H3/t12-,15-/m0/s1. The van der Waals surface area contributed by atoms with E-state index >= 15 is 0 Å². The Morgan fingerprint density at radius 1 is 1.19 bits per heavy atom. The van der Waals surface area contributed by atoms with Gasteiger partial charge in [-0.1, -0.05) is 6.07 Å². The fraction of sp³-hybridized carbons (Fsp3) is 0.625. The van der Waals surface area contributed by atoms with E-state index in [0.29, 0.717) is 0 Å². The summed E-state index contributed by atoms with van der Waals surface area (Å²) >= 11 is 0. The molecular formula is C16H25NO7S2. The van der Waals surface area contributed by atoms with Crippen molar-refractivity contribution in [3.8, 4) is 5.75 Å². The third kappa shape index (κ3) is 4.55. The number of ether oxygens (including phenoxy) is 3. The second-order valence-corrected chi connectivity index (χ2v) is 10.5. The third-order valence-electron chi connectivity index (χ3n) is 4.40. The van der Waals surface area contributed by atoms with Crippen LogP contribution >= 0.6 is 0 Å². The van der Waals surface area contributed by atoms with Crippen LogP contribution < -0.4 is 10.1 Å². The predicted molar refractivity (Wildman–Crippen MR) is 97.0 cm³/mol. The maximum absolute atomic E-state index is 13.2. The molecule has 1 saturated heterocycles. The molecule has 1 aliphatic heterocycles. The minimum atomic E-state index is -3.93. The number of aryl methyl sites for hydroxylation is 1. The van der Waals surface area contributed by atoms with Crippen molar-refractivity contribution >= 4 is 19.7 Å². The molecule has 1 aliphatic rings. The van der Waals surface area contributed by atoms with Crippen LogP contribution in [-0.2, 0) is 29.1 Å². The summed E-state index contributed by atoms with van der Waals surface area (Å²) in [5.74, 6) is -0.495. The lowest BCUT2D eigenvalue weighted by Crippen LogP contribution is -2.46. The molecule has 1 fully saturated rings. The third-order valence-corrected chi connectivity index (χ3v) is 8.57. The van der Waals surface area contributed by atoms with Crippen molar-refractivity contribution in [2.45, 2.75) is 29.4 Å². The van der Waals surface area contributed by atoms with Gasteiger partial charge in [0.05, 0.1) is 23.9 Å². The van der Waals surface area contributed by atoms with Gasteiger partial charge >= 0.3 is 0 Å². The van der Waals surface area contributed by atoms with Crippen LogP contribution in [0.2, 0.25) is 0 Å². The summed E-state index contributed by atoms with van der Waals surface area (Å²) in [5, 5.41) is 1.85. The second kappa shape index (κ2) is 8.22. The lowest BCUT2D eigenvalue weighted by Gasteiger charge is -2.23. The fourth-order valence-corrected chi connectivity index (χ4v) is 7.95. The minimum Gasteiger partial charge on any atom is -0.495 e. The number of nitrogens with one attached hydrogen (secondary N) is 1. The molecule has 0 spiro atoms. The Balaban J connectivity index is 2.37. The average molecular weight is 408 g/mol. The van der Waals surface area contributed by atoms with Crippen molar-refractivity contribution in [3.05, 3.63) is 23.8 Å². The van der Waals surface area contributed by atoms with Crippen LogP contribution in [0.4, 0.5) is 0 Å². The normalized spacial score (nSPS) is 22.7. The van der Waals surface area contributed by atoms with E-state index in [1.807, 2.05) is 0 Å². The highest BCUT2D eigenvalue weighted by Gasteiger charge is 2.46. The highest BCUT2D eigenvalue weighted by Crippen LogP contribution is 2.32. The van der Waals surface area contributed by atoms with E-state index in [2.05, 4.69) is 5.32 Å². The topological polar surface area (TPSA) is 108 Å². The van der Waals surface area contributed by atoms with Crippen LogP contribution in [-0.4, -0.2) is 73.8 Å². The Morgan fingerprint density at radius 2 is 1.85 bits per heavy atom. The Hall–Kier alpha value is -1.20. The van der Waals surface area contributed by atoms with Gasteiger partial charge in [0.25, 0.3) is 0 Å². The van der Waals surface area contributed by atoms with Crippen LogP contribution in [0, 0.1) is 6.92 Å². The van der Waals surface area contributed by atoms with Gasteiger partial charge in [0.1, 0.15) is 10.6 Å². The average Bonchev–Trinajstić information content (AvgIpc) is 2.91. The Bertz CT molecular complexity index is 832. The van der Waals surface area contributed by atoms with E-state index in [1.54, 1.807) is 19.1 Å². The van der Waals surface area contributed by atoms with Gasteiger partial charge in [-0.3, -0.25) is 0 Å². The zero-order valence-electron chi connectivity index (χ0n) is 15.3. The summed E-state index contributed by atoms with van der Waals surface area (Å²) in [4.78, 5) is 0.00364. The van der Waals surface area contributed by atoms with E-state index in [-0.39, 0.29) is 22.9 Å². The van der Waals surface area contributed by atoms with Crippen molar-refractivity contribution in [1.29, 1.82) is 0 Å². The molecule has 0 saturated carbocycles. The fourth-order valence-electron chi connectivity index (χ4n) is 2.99. The number of methoxy groups -OCH3 is 3. The number of hydrogen-bond donors (Lipinski definition) is 1. The molecule has 1 aromatic carbocycles. The summed E-state index contributed by atoms with van der Waals surface area (Å²) in [7, 11) is -3.14. The SMILES string of the molecule is COc1ccc(C)cc1S(=O)(=O)[C@H]1CS(=O)(=O)C[C@@H]1NCC(OC)OC. The lowest BCUT2D eigenvalue weighted by molar-refractivity contribution is -0.0995. The molecule has 1 N–H and O–H groups in total. The molecule has 1 heterocycles. The van der Waals surface area contributed by atoms with Crippen molar-refractivity contribution < 1.29 is 31.0 Å². The van der Waals surface area contributed by atoms with Gasteiger partial charge in [0.2, 0.25) is 0 Å². The Morgan fingerprint density at radius 3 is 2.42 bits per heavy atom. The predicted octanol–water partition coefficient (Wildman–Crippen LogP) is 0.151. The van der Waals surface area contributed by atoms with Crippen LogP contribution in [0.15, 0.2) is 23.1 Å². The maximum atomic E-state index is 13.2. The summed E-state index contributed by atoms with van der Waals surface area (Å²) in [6.45, 7) is 1.94. The first-order valence-electron chi connectivity index (χ1n) is 8.02. The summed E-state index contributed by atoms with van der Waals surface area (Å²) < 4.78 is 66.0. The first kappa shape index (κ1) is 21.1. The van der Waals surface area contributed by atoms with E-state index in [9.17, 15) is 16.8 Å². The molecule has 8 nitrogen and oxygen atoms in total. The largest absolute Gasteiger partial charge is 0.495 e.